The van der Waals surface area contributed by atoms with Gasteiger partial charge >= 0.3 is 0 Å². The molecule has 0 fully saturated rings. The molecule has 1 amide bonds. The van der Waals surface area contributed by atoms with Crippen LogP contribution in [0.25, 0.3) is 0 Å². The van der Waals surface area contributed by atoms with Crippen molar-refractivity contribution < 1.29 is 4.79 Å². The van der Waals surface area contributed by atoms with Gasteiger partial charge in [0, 0.05) is 42.0 Å². The van der Waals surface area contributed by atoms with Crippen LogP contribution in [0.4, 0.5) is 11.4 Å². The fourth-order valence-electron chi connectivity index (χ4n) is 2.33. The van der Waals surface area contributed by atoms with E-state index in [1.54, 1.807) is 36.8 Å². The Morgan fingerprint density at radius 3 is 2.64 bits per heavy atom. The number of aryl methyl sites for hydroxylation is 1. The highest BCUT2D eigenvalue weighted by molar-refractivity contribution is 6.30. The summed E-state index contributed by atoms with van der Waals surface area (Å²) in [6.07, 6.45) is 6.71. The molecule has 2 N–H and O–H groups in total. The molecule has 2 heterocycles. The van der Waals surface area contributed by atoms with E-state index in [0.29, 0.717) is 17.1 Å². The van der Waals surface area contributed by atoms with Gasteiger partial charge in [-0.2, -0.15) is 0 Å². The number of hydrogen-bond acceptors (Lipinski definition) is 4. The molecule has 0 saturated carbocycles. The van der Waals surface area contributed by atoms with Gasteiger partial charge in [-0.25, -0.2) is 0 Å². The summed E-state index contributed by atoms with van der Waals surface area (Å²) in [5.41, 5.74) is 3.98. The molecule has 3 rings (SSSR count). The molecule has 5 nitrogen and oxygen atoms in total. The lowest BCUT2D eigenvalue weighted by Crippen LogP contribution is -2.13. The quantitative estimate of drug-likeness (QED) is 0.718. The normalized spacial score (nSPS) is 10.3. The molecule has 0 unspecified atom stereocenters. The zero-order chi connectivity index (χ0) is 17.6. The van der Waals surface area contributed by atoms with Gasteiger partial charge in [0.25, 0.3) is 5.91 Å². The fraction of sp³-hybridized carbons (Fsp3) is 0.105. The zero-order valence-electron chi connectivity index (χ0n) is 13.7. The first-order valence-corrected chi connectivity index (χ1v) is 8.15. The lowest BCUT2D eigenvalue weighted by atomic mass is 10.2. The molecule has 2 aromatic heterocycles. The van der Waals surface area contributed by atoms with Crippen molar-refractivity contribution >= 4 is 28.9 Å². The minimum Gasteiger partial charge on any atom is -0.380 e. The van der Waals surface area contributed by atoms with Crippen LogP contribution >= 0.6 is 11.6 Å². The third kappa shape index (κ3) is 4.55. The molecule has 126 valence electrons. The Hall–Kier alpha value is -2.92. The van der Waals surface area contributed by atoms with Crippen molar-refractivity contribution in [1.82, 2.24) is 9.97 Å². The first-order chi connectivity index (χ1) is 12.1. The molecular formula is C19H17ClN4O. The molecule has 0 aliphatic carbocycles. The number of benzene rings is 1. The lowest BCUT2D eigenvalue weighted by Gasteiger charge is -2.10. The van der Waals surface area contributed by atoms with E-state index in [0.717, 1.165) is 22.5 Å². The zero-order valence-corrected chi connectivity index (χ0v) is 14.4. The highest BCUT2D eigenvalue weighted by Crippen LogP contribution is 2.20. The maximum absolute atomic E-state index is 12.5. The molecule has 25 heavy (non-hydrogen) atoms. The molecule has 0 aliphatic heterocycles. The largest absolute Gasteiger partial charge is 0.380 e. The van der Waals surface area contributed by atoms with Gasteiger partial charge in [-0.1, -0.05) is 11.6 Å². The second-order valence-corrected chi connectivity index (χ2v) is 6.02. The molecule has 6 heteroatoms. The lowest BCUT2D eigenvalue weighted by molar-refractivity contribution is 0.102. The number of nitrogens with one attached hydrogen (secondary N) is 2. The second kappa shape index (κ2) is 7.77. The van der Waals surface area contributed by atoms with Crippen molar-refractivity contribution in [1.29, 1.82) is 0 Å². The van der Waals surface area contributed by atoms with Gasteiger partial charge in [0.15, 0.2) is 0 Å². The first kappa shape index (κ1) is 16.9. The number of pyridine rings is 2. The molecule has 0 aliphatic rings. The third-order valence-corrected chi connectivity index (χ3v) is 3.92. The number of nitrogens with zero attached hydrogens (tertiary/aromatic N) is 2. The standard InChI is InChI=1S/C19H17ClN4O/c1-13-8-16(20)2-3-18(13)24-19(25)15-9-17(12-22-11-15)23-10-14-4-6-21-7-5-14/h2-9,11-12,23H,10H2,1H3,(H,24,25). The van der Waals surface area contributed by atoms with Crippen molar-refractivity contribution in [3.8, 4) is 0 Å². The molecule has 0 atom stereocenters. The molecule has 3 aromatic rings. The van der Waals surface area contributed by atoms with Gasteiger partial charge < -0.3 is 10.6 Å². The molecule has 0 bridgehead atoms. The number of halogens is 1. The van der Waals surface area contributed by atoms with Crippen molar-refractivity contribution in [3.63, 3.8) is 0 Å². The predicted molar refractivity (Wildman–Crippen MR) is 99.9 cm³/mol. The average Bonchev–Trinajstić information content (AvgIpc) is 2.63. The van der Waals surface area contributed by atoms with Crippen LogP contribution in [0.5, 0.6) is 0 Å². The van der Waals surface area contributed by atoms with E-state index < -0.39 is 0 Å². The van der Waals surface area contributed by atoms with Gasteiger partial charge in [0.1, 0.15) is 0 Å². The number of aromatic nitrogens is 2. The number of hydrogen-bond donors (Lipinski definition) is 2. The number of amides is 1. The number of carbonyl (C=O) groups is 1. The molecule has 0 spiro atoms. The number of carbonyl (C=O) groups excluding carboxylic acids is 1. The van der Waals surface area contributed by atoms with Crippen molar-refractivity contribution in [2.75, 3.05) is 10.6 Å². The van der Waals surface area contributed by atoms with Gasteiger partial charge in [-0.3, -0.25) is 14.8 Å². The minimum atomic E-state index is -0.217. The Labute approximate surface area is 151 Å². The Bertz CT molecular complexity index is 884. The third-order valence-electron chi connectivity index (χ3n) is 3.68. The Kier molecular flexibility index (Phi) is 5.26. The summed E-state index contributed by atoms with van der Waals surface area (Å²) >= 11 is 5.94. The summed E-state index contributed by atoms with van der Waals surface area (Å²) in [5, 5.41) is 6.77. The van der Waals surface area contributed by atoms with Gasteiger partial charge in [-0.05, 0) is 54.4 Å². The second-order valence-electron chi connectivity index (χ2n) is 5.58. The fourth-order valence-corrected chi connectivity index (χ4v) is 2.55. The van der Waals surface area contributed by atoms with E-state index in [9.17, 15) is 4.79 Å². The van der Waals surface area contributed by atoms with E-state index in [1.807, 2.05) is 25.1 Å². The maximum Gasteiger partial charge on any atom is 0.257 e. The van der Waals surface area contributed by atoms with Crippen LogP contribution in [0.15, 0.2) is 61.2 Å². The van der Waals surface area contributed by atoms with E-state index in [-0.39, 0.29) is 5.91 Å². The van der Waals surface area contributed by atoms with Gasteiger partial charge in [0.2, 0.25) is 0 Å². The van der Waals surface area contributed by atoms with Gasteiger partial charge in [0.05, 0.1) is 11.3 Å². The Balaban J connectivity index is 1.69. The van der Waals surface area contributed by atoms with Crippen LogP contribution in [0.3, 0.4) is 0 Å². The SMILES string of the molecule is Cc1cc(Cl)ccc1NC(=O)c1cncc(NCc2ccncc2)c1. The summed E-state index contributed by atoms with van der Waals surface area (Å²) in [6.45, 7) is 2.53. The topological polar surface area (TPSA) is 66.9 Å². The molecule has 0 radical (unpaired) electrons. The maximum atomic E-state index is 12.5. The van der Waals surface area contributed by atoms with E-state index in [4.69, 9.17) is 11.6 Å². The van der Waals surface area contributed by atoms with Crippen LogP contribution in [0, 0.1) is 6.92 Å². The first-order valence-electron chi connectivity index (χ1n) is 7.77. The average molecular weight is 353 g/mol. The Morgan fingerprint density at radius 2 is 1.88 bits per heavy atom. The summed E-state index contributed by atoms with van der Waals surface area (Å²) < 4.78 is 0. The molecular weight excluding hydrogens is 336 g/mol. The van der Waals surface area contributed by atoms with Gasteiger partial charge in [-0.15, -0.1) is 0 Å². The van der Waals surface area contributed by atoms with Crippen molar-refractivity contribution in [3.05, 3.63) is 82.9 Å². The van der Waals surface area contributed by atoms with E-state index >= 15 is 0 Å². The van der Waals surface area contributed by atoms with Crippen molar-refractivity contribution in [2.45, 2.75) is 13.5 Å². The number of anilines is 2. The molecule has 1 aromatic carbocycles. The summed E-state index contributed by atoms with van der Waals surface area (Å²) in [7, 11) is 0. The van der Waals surface area contributed by atoms with Crippen LogP contribution in [0.2, 0.25) is 5.02 Å². The van der Waals surface area contributed by atoms with Crippen LogP contribution in [-0.4, -0.2) is 15.9 Å². The predicted octanol–water partition coefficient (Wildman–Crippen LogP) is 4.30. The highest BCUT2D eigenvalue weighted by Gasteiger charge is 2.09. The van der Waals surface area contributed by atoms with E-state index in [2.05, 4.69) is 20.6 Å². The summed E-state index contributed by atoms with van der Waals surface area (Å²) in [6, 6.07) is 11.0. The minimum absolute atomic E-state index is 0.217. The van der Waals surface area contributed by atoms with Crippen molar-refractivity contribution in [2.24, 2.45) is 0 Å². The van der Waals surface area contributed by atoms with Crippen LogP contribution in [0.1, 0.15) is 21.5 Å². The monoisotopic (exact) mass is 352 g/mol. The van der Waals surface area contributed by atoms with Crippen LogP contribution in [-0.2, 0) is 6.54 Å². The number of rotatable bonds is 5. The summed E-state index contributed by atoms with van der Waals surface area (Å²) in [5.74, 6) is -0.217. The van der Waals surface area contributed by atoms with Crippen LogP contribution < -0.4 is 10.6 Å². The van der Waals surface area contributed by atoms with E-state index in [1.165, 1.54) is 6.20 Å². The molecule has 0 saturated heterocycles. The summed E-state index contributed by atoms with van der Waals surface area (Å²) in [4.78, 5) is 20.6. The smallest absolute Gasteiger partial charge is 0.257 e. The Morgan fingerprint density at radius 1 is 1.08 bits per heavy atom. The highest BCUT2D eigenvalue weighted by atomic mass is 35.5.